The first-order chi connectivity index (χ1) is 11.2. The second-order valence-corrected chi connectivity index (χ2v) is 5.85. The summed E-state index contributed by atoms with van der Waals surface area (Å²) in [6.45, 7) is 4.09. The first-order valence-electron chi connectivity index (χ1n) is 7.57. The zero-order chi connectivity index (χ0) is 16.0. The number of para-hydroxylation sites is 1. The smallest absolute Gasteiger partial charge is 0.242 e. The van der Waals surface area contributed by atoms with Crippen LogP contribution in [-0.2, 0) is 10.2 Å². The summed E-state index contributed by atoms with van der Waals surface area (Å²) in [5.41, 5.74) is 2.10. The second kappa shape index (κ2) is 4.88. The van der Waals surface area contributed by atoms with Crippen molar-refractivity contribution in [2.24, 2.45) is 0 Å². The molecule has 0 unspecified atom stereocenters. The van der Waals surface area contributed by atoms with Gasteiger partial charge in [0.2, 0.25) is 12.7 Å². The molecule has 4 rings (SSSR count). The number of hydrogen-bond donors (Lipinski definition) is 0. The lowest BCUT2D eigenvalue weighted by atomic mass is 9.73. The number of fused-ring (bicyclic) bond motifs is 2. The number of benzene rings is 2. The summed E-state index contributed by atoms with van der Waals surface area (Å²) in [4.78, 5) is 14.9. The summed E-state index contributed by atoms with van der Waals surface area (Å²) in [7, 11) is 1.82. The zero-order valence-electron chi connectivity index (χ0n) is 12.9. The maximum atomic E-state index is 13.2. The Kier molecular flexibility index (Phi) is 2.94. The second-order valence-electron chi connectivity index (χ2n) is 5.85. The highest BCUT2D eigenvalue weighted by atomic mass is 16.7. The summed E-state index contributed by atoms with van der Waals surface area (Å²) in [5.74, 6) is 1.46. The van der Waals surface area contributed by atoms with Crippen LogP contribution in [0.3, 0.4) is 0 Å². The molecular weight excluding hydrogens is 290 g/mol. The maximum absolute atomic E-state index is 13.2. The zero-order valence-corrected chi connectivity index (χ0v) is 12.9. The molecule has 2 aromatic carbocycles. The molecule has 0 spiro atoms. The third-order valence-corrected chi connectivity index (χ3v) is 4.71. The number of ether oxygens (including phenoxy) is 2. The van der Waals surface area contributed by atoms with Crippen LogP contribution in [0.2, 0.25) is 0 Å². The lowest BCUT2D eigenvalue weighted by Crippen LogP contribution is -2.39. The van der Waals surface area contributed by atoms with Crippen LogP contribution in [0, 0.1) is 0 Å². The van der Waals surface area contributed by atoms with Crippen molar-refractivity contribution >= 4 is 11.6 Å². The van der Waals surface area contributed by atoms with E-state index in [4.69, 9.17) is 9.47 Å². The third kappa shape index (κ3) is 1.75. The molecule has 0 saturated heterocycles. The minimum absolute atomic E-state index is 0.0532. The average Bonchev–Trinajstić information content (AvgIpc) is 3.13. The van der Waals surface area contributed by atoms with E-state index in [1.807, 2.05) is 49.5 Å². The fourth-order valence-corrected chi connectivity index (χ4v) is 3.61. The van der Waals surface area contributed by atoms with Gasteiger partial charge in [-0.15, -0.1) is 6.58 Å². The van der Waals surface area contributed by atoms with Gasteiger partial charge in [-0.2, -0.15) is 0 Å². The molecule has 0 fully saturated rings. The monoisotopic (exact) mass is 307 g/mol. The van der Waals surface area contributed by atoms with Gasteiger partial charge in [-0.25, -0.2) is 0 Å². The maximum Gasteiger partial charge on any atom is 0.242 e. The molecule has 0 N–H and O–H groups in total. The molecule has 1 atom stereocenters. The van der Waals surface area contributed by atoms with Crippen LogP contribution in [0.5, 0.6) is 11.5 Å². The minimum Gasteiger partial charge on any atom is -0.454 e. The Labute approximate surface area is 134 Å². The van der Waals surface area contributed by atoms with Crippen molar-refractivity contribution in [1.82, 2.24) is 0 Å². The Morgan fingerprint density at radius 3 is 2.83 bits per heavy atom. The molecule has 2 aliphatic heterocycles. The van der Waals surface area contributed by atoms with E-state index in [1.165, 1.54) is 0 Å². The van der Waals surface area contributed by atoms with Gasteiger partial charge in [0, 0.05) is 12.7 Å². The van der Waals surface area contributed by atoms with Crippen LogP contribution in [0.4, 0.5) is 5.69 Å². The standard InChI is InChI=1S/C19H17NO3/c1-3-10-19(13-8-9-16-17(11-13)23-12-22-16)14-6-4-5-7-15(14)20(2)18(19)21/h3-9,11H,1,10,12H2,2H3/t19-/m1/s1. The van der Waals surface area contributed by atoms with E-state index >= 15 is 0 Å². The van der Waals surface area contributed by atoms with Gasteiger partial charge < -0.3 is 14.4 Å². The van der Waals surface area contributed by atoms with Crippen LogP contribution in [0.25, 0.3) is 0 Å². The van der Waals surface area contributed by atoms with E-state index < -0.39 is 5.41 Å². The number of amides is 1. The van der Waals surface area contributed by atoms with Crippen molar-refractivity contribution in [2.75, 3.05) is 18.7 Å². The van der Waals surface area contributed by atoms with Gasteiger partial charge in [0.15, 0.2) is 11.5 Å². The number of carbonyl (C=O) groups excluding carboxylic acids is 1. The number of hydrogen-bond acceptors (Lipinski definition) is 3. The molecule has 4 nitrogen and oxygen atoms in total. The number of allylic oxidation sites excluding steroid dienone is 1. The molecule has 116 valence electrons. The highest BCUT2D eigenvalue weighted by Crippen LogP contribution is 2.49. The van der Waals surface area contributed by atoms with Crippen LogP contribution in [-0.4, -0.2) is 19.7 Å². The molecule has 23 heavy (non-hydrogen) atoms. The van der Waals surface area contributed by atoms with E-state index in [1.54, 1.807) is 11.0 Å². The number of rotatable bonds is 3. The Morgan fingerprint density at radius 1 is 1.22 bits per heavy atom. The SMILES string of the molecule is C=CC[C@]1(c2ccc3c(c2)OCO3)C(=O)N(C)c2ccccc21. The van der Waals surface area contributed by atoms with Crippen LogP contribution >= 0.6 is 0 Å². The molecule has 4 heteroatoms. The molecular formula is C19H17NO3. The Balaban J connectivity index is 1.97. The van der Waals surface area contributed by atoms with Gasteiger partial charge in [-0.1, -0.05) is 30.3 Å². The molecule has 2 heterocycles. The lowest BCUT2D eigenvalue weighted by molar-refractivity contribution is -0.121. The van der Waals surface area contributed by atoms with Crippen molar-refractivity contribution in [3.63, 3.8) is 0 Å². The summed E-state index contributed by atoms with van der Waals surface area (Å²) in [5, 5.41) is 0. The highest BCUT2D eigenvalue weighted by molar-refractivity contribution is 6.10. The van der Waals surface area contributed by atoms with Gasteiger partial charge >= 0.3 is 0 Å². The fraction of sp³-hybridized carbons (Fsp3) is 0.211. The van der Waals surface area contributed by atoms with Gasteiger partial charge in [-0.3, -0.25) is 4.79 Å². The van der Waals surface area contributed by atoms with Gasteiger partial charge in [0.05, 0.1) is 0 Å². The summed E-state index contributed by atoms with van der Waals surface area (Å²) >= 11 is 0. The minimum atomic E-state index is -0.756. The summed E-state index contributed by atoms with van der Waals surface area (Å²) in [6.07, 6.45) is 2.34. The van der Waals surface area contributed by atoms with Crippen molar-refractivity contribution < 1.29 is 14.3 Å². The average molecular weight is 307 g/mol. The highest BCUT2D eigenvalue weighted by Gasteiger charge is 2.50. The van der Waals surface area contributed by atoms with E-state index in [0.717, 1.165) is 22.6 Å². The Bertz CT molecular complexity index is 814. The Hall–Kier alpha value is -2.75. The van der Waals surface area contributed by atoms with E-state index in [9.17, 15) is 4.79 Å². The van der Waals surface area contributed by atoms with Crippen molar-refractivity contribution in [3.8, 4) is 11.5 Å². The fourth-order valence-electron chi connectivity index (χ4n) is 3.61. The van der Waals surface area contributed by atoms with Crippen LogP contribution in [0.1, 0.15) is 17.5 Å². The van der Waals surface area contributed by atoms with Gasteiger partial charge in [0.1, 0.15) is 5.41 Å². The normalized spacial score (nSPS) is 21.4. The molecule has 1 amide bonds. The van der Waals surface area contributed by atoms with Crippen LogP contribution < -0.4 is 14.4 Å². The topological polar surface area (TPSA) is 38.8 Å². The van der Waals surface area contributed by atoms with Gasteiger partial charge in [0.25, 0.3) is 0 Å². The first kappa shape index (κ1) is 13.9. The summed E-state index contributed by atoms with van der Waals surface area (Å²) in [6, 6.07) is 13.7. The number of anilines is 1. The molecule has 0 saturated carbocycles. The molecule has 2 aliphatic rings. The molecule has 0 radical (unpaired) electrons. The summed E-state index contributed by atoms with van der Waals surface area (Å²) < 4.78 is 10.9. The van der Waals surface area contributed by atoms with Crippen molar-refractivity contribution in [1.29, 1.82) is 0 Å². The molecule has 0 aliphatic carbocycles. The predicted molar refractivity (Wildman–Crippen MR) is 88.0 cm³/mol. The number of likely N-dealkylation sites (N-methyl/N-ethyl adjacent to an activating group) is 1. The first-order valence-corrected chi connectivity index (χ1v) is 7.57. The van der Waals surface area contributed by atoms with E-state index in [2.05, 4.69) is 6.58 Å². The third-order valence-electron chi connectivity index (χ3n) is 4.71. The molecule has 0 bridgehead atoms. The molecule has 2 aromatic rings. The quantitative estimate of drug-likeness (QED) is 0.817. The van der Waals surface area contributed by atoms with E-state index in [0.29, 0.717) is 12.2 Å². The van der Waals surface area contributed by atoms with E-state index in [-0.39, 0.29) is 12.7 Å². The van der Waals surface area contributed by atoms with Gasteiger partial charge in [-0.05, 0) is 35.7 Å². The van der Waals surface area contributed by atoms with Crippen molar-refractivity contribution in [3.05, 3.63) is 66.2 Å². The lowest BCUT2D eigenvalue weighted by Gasteiger charge is -2.28. The molecule has 0 aromatic heterocycles. The number of nitrogens with zero attached hydrogens (tertiary/aromatic N) is 1. The van der Waals surface area contributed by atoms with Crippen molar-refractivity contribution in [2.45, 2.75) is 11.8 Å². The number of carbonyl (C=O) groups is 1. The largest absolute Gasteiger partial charge is 0.454 e. The van der Waals surface area contributed by atoms with Crippen LogP contribution in [0.15, 0.2) is 55.1 Å². The predicted octanol–water partition coefficient (Wildman–Crippen LogP) is 3.25. The Morgan fingerprint density at radius 2 is 2.00 bits per heavy atom.